The van der Waals surface area contributed by atoms with E-state index >= 15 is 0 Å². The molecule has 3 aromatic carbocycles. The number of nitrogens with zero attached hydrogens (tertiary/aromatic N) is 2. The largest absolute Gasteiger partial charge is 0.507 e. The molecule has 0 bridgehead atoms. The van der Waals surface area contributed by atoms with Crippen LogP contribution in [0.15, 0.2) is 91.0 Å². The van der Waals surface area contributed by atoms with Crippen LogP contribution in [0.3, 0.4) is 0 Å². The molecule has 0 spiro atoms. The molecule has 0 aliphatic carbocycles. The second kappa shape index (κ2) is 9.15. The smallest absolute Gasteiger partial charge is 0.301 e. The highest BCUT2D eigenvalue weighted by Crippen LogP contribution is 2.44. The average Bonchev–Trinajstić information content (AvgIpc) is 3.40. The number of rotatable bonds is 6. The molecule has 174 valence electrons. The maximum Gasteiger partial charge on any atom is 0.301 e. The van der Waals surface area contributed by atoms with Crippen LogP contribution in [0, 0.1) is 5.82 Å². The lowest BCUT2D eigenvalue weighted by molar-refractivity contribution is -0.132. The van der Waals surface area contributed by atoms with E-state index in [1.807, 2.05) is 0 Å². The van der Waals surface area contributed by atoms with Crippen molar-refractivity contribution in [2.24, 2.45) is 0 Å². The Bertz CT molecular complexity index is 1500. The molecule has 1 atom stereocenters. The molecule has 1 fully saturated rings. The van der Waals surface area contributed by atoms with Crippen LogP contribution in [0.4, 0.5) is 9.52 Å². The SMILES string of the molecule is C=CCOc1cccc(C2/C(=C(\O)c3ccccc3)C(=O)C(=O)N2c2nc3ccc(F)cc3s2)c1. The van der Waals surface area contributed by atoms with E-state index in [0.717, 1.165) is 11.3 Å². The predicted molar refractivity (Wildman–Crippen MR) is 133 cm³/mol. The number of fused-ring (bicyclic) bond motifs is 1. The van der Waals surface area contributed by atoms with Crippen LogP contribution in [-0.2, 0) is 9.59 Å². The molecule has 2 heterocycles. The minimum Gasteiger partial charge on any atom is -0.507 e. The van der Waals surface area contributed by atoms with Gasteiger partial charge in [0, 0.05) is 5.56 Å². The van der Waals surface area contributed by atoms with Crippen molar-refractivity contribution in [3.63, 3.8) is 0 Å². The number of ether oxygens (including phenoxy) is 1. The van der Waals surface area contributed by atoms with Gasteiger partial charge in [-0.15, -0.1) is 0 Å². The molecule has 6 nitrogen and oxygen atoms in total. The summed E-state index contributed by atoms with van der Waals surface area (Å²) in [5.74, 6) is -1.87. The van der Waals surface area contributed by atoms with Crippen LogP contribution >= 0.6 is 11.3 Å². The molecule has 4 aromatic rings. The maximum absolute atomic E-state index is 13.8. The van der Waals surface area contributed by atoms with Crippen molar-refractivity contribution in [2.75, 3.05) is 11.5 Å². The van der Waals surface area contributed by atoms with Gasteiger partial charge in [-0.25, -0.2) is 9.37 Å². The lowest BCUT2D eigenvalue weighted by Gasteiger charge is -2.23. The zero-order chi connectivity index (χ0) is 24.5. The summed E-state index contributed by atoms with van der Waals surface area (Å²) in [6.45, 7) is 3.92. The predicted octanol–water partition coefficient (Wildman–Crippen LogP) is 5.63. The van der Waals surface area contributed by atoms with Crippen LogP contribution in [-0.4, -0.2) is 28.4 Å². The van der Waals surface area contributed by atoms with E-state index in [-0.39, 0.29) is 23.1 Å². The summed E-state index contributed by atoms with van der Waals surface area (Å²) in [5, 5.41) is 11.4. The molecule has 1 saturated heterocycles. The van der Waals surface area contributed by atoms with Gasteiger partial charge < -0.3 is 9.84 Å². The third-order valence-corrected chi connectivity index (χ3v) is 6.60. The second-order valence-corrected chi connectivity index (χ2v) is 8.82. The van der Waals surface area contributed by atoms with Crippen molar-refractivity contribution in [3.05, 3.63) is 108 Å². The van der Waals surface area contributed by atoms with E-state index < -0.39 is 23.5 Å². The Morgan fingerprint density at radius 3 is 2.69 bits per heavy atom. The Hall–Kier alpha value is -4.30. The van der Waals surface area contributed by atoms with E-state index in [0.29, 0.717) is 27.1 Å². The van der Waals surface area contributed by atoms with E-state index in [1.165, 1.54) is 23.1 Å². The lowest BCUT2D eigenvalue weighted by atomic mass is 9.95. The first-order valence-electron chi connectivity index (χ1n) is 10.7. The highest BCUT2D eigenvalue weighted by molar-refractivity contribution is 7.22. The Labute approximate surface area is 204 Å². The minimum absolute atomic E-state index is 0.0625. The van der Waals surface area contributed by atoms with Gasteiger partial charge in [-0.2, -0.15) is 0 Å². The molecule has 8 heteroatoms. The first kappa shape index (κ1) is 22.5. The molecule has 1 aliphatic rings. The number of aliphatic hydroxyl groups is 1. The summed E-state index contributed by atoms with van der Waals surface area (Å²) in [7, 11) is 0. The van der Waals surface area contributed by atoms with Crippen LogP contribution in [0.1, 0.15) is 17.2 Å². The summed E-state index contributed by atoms with van der Waals surface area (Å²) >= 11 is 1.09. The van der Waals surface area contributed by atoms with Crippen molar-refractivity contribution in [1.82, 2.24) is 4.98 Å². The fourth-order valence-corrected chi connectivity index (χ4v) is 5.03. The molecule has 1 aliphatic heterocycles. The van der Waals surface area contributed by atoms with Crippen LogP contribution < -0.4 is 9.64 Å². The third-order valence-electron chi connectivity index (χ3n) is 5.58. The highest BCUT2D eigenvalue weighted by atomic mass is 32.1. The number of benzene rings is 3. The molecule has 1 N–H and O–H groups in total. The van der Waals surface area contributed by atoms with Crippen molar-refractivity contribution in [2.45, 2.75) is 6.04 Å². The number of aromatic nitrogens is 1. The van der Waals surface area contributed by atoms with Gasteiger partial charge in [0.05, 0.1) is 21.8 Å². The van der Waals surface area contributed by atoms with Gasteiger partial charge in [-0.05, 0) is 35.9 Å². The van der Waals surface area contributed by atoms with Gasteiger partial charge in [0.2, 0.25) is 0 Å². The Morgan fingerprint density at radius 2 is 1.91 bits per heavy atom. The molecule has 5 rings (SSSR count). The van der Waals surface area contributed by atoms with Crippen molar-refractivity contribution >= 4 is 44.1 Å². The number of hydrogen-bond donors (Lipinski definition) is 1. The molecular formula is C27H19FN2O4S. The zero-order valence-corrected chi connectivity index (χ0v) is 19.2. The molecule has 0 saturated carbocycles. The second-order valence-electron chi connectivity index (χ2n) is 7.82. The number of amides is 1. The number of carbonyl (C=O) groups is 2. The fraction of sp³-hybridized carbons (Fsp3) is 0.0741. The van der Waals surface area contributed by atoms with Crippen LogP contribution in [0.5, 0.6) is 5.75 Å². The number of carbonyl (C=O) groups excluding carboxylic acids is 2. The van der Waals surface area contributed by atoms with Crippen molar-refractivity contribution in [3.8, 4) is 5.75 Å². The molecule has 0 radical (unpaired) electrons. The van der Waals surface area contributed by atoms with Gasteiger partial charge in [-0.3, -0.25) is 14.5 Å². The van der Waals surface area contributed by atoms with E-state index in [4.69, 9.17) is 4.74 Å². The van der Waals surface area contributed by atoms with Gasteiger partial charge in [0.25, 0.3) is 5.78 Å². The van der Waals surface area contributed by atoms with Crippen molar-refractivity contribution in [1.29, 1.82) is 0 Å². The number of ketones is 1. The number of aliphatic hydroxyl groups excluding tert-OH is 1. The van der Waals surface area contributed by atoms with Crippen LogP contribution in [0.25, 0.3) is 16.0 Å². The standard InChI is InChI=1S/C27H19FN2O4S/c1-2-13-34-19-10-6-9-17(14-19)23-22(24(31)16-7-4-3-5-8-16)25(32)26(33)30(23)27-29-20-12-11-18(28)15-21(20)35-27/h2-12,14-15,23,31H,1,13H2/b24-22+. The van der Waals surface area contributed by atoms with Gasteiger partial charge >= 0.3 is 5.91 Å². The molecule has 35 heavy (non-hydrogen) atoms. The fourth-order valence-electron chi connectivity index (χ4n) is 4.02. The summed E-state index contributed by atoms with van der Waals surface area (Å²) in [4.78, 5) is 32.3. The number of thiazole rings is 1. The van der Waals surface area contributed by atoms with E-state index in [1.54, 1.807) is 60.7 Å². The Morgan fingerprint density at radius 1 is 1.11 bits per heavy atom. The van der Waals surface area contributed by atoms with Crippen LogP contribution in [0.2, 0.25) is 0 Å². The van der Waals surface area contributed by atoms with E-state index in [9.17, 15) is 19.1 Å². The summed E-state index contributed by atoms with van der Waals surface area (Å²) < 4.78 is 20.0. The molecular weight excluding hydrogens is 467 g/mol. The summed E-state index contributed by atoms with van der Waals surface area (Å²) in [6.07, 6.45) is 1.61. The van der Waals surface area contributed by atoms with Gasteiger partial charge in [0.1, 0.15) is 23.9 Å². The normalized spacial score (nSPS) is 17.2. The number of Topliss-reactive ketones (excluding diaryl/α,β-unsaturated/α-hetero) is 1. The minimum atomic E-state index is -0.965. The maximum atomic E-state index is 13.8. The highest BCUT2D eigenvalue weighted by Gasteiger charge is 2.48. The molecule has 1 unspecified atom stereocenters. The Balaban J connectivity index is 1.71. The zero-order valence-electron chi connectivity index (χ0n) is 18.3. The van der Waals surface area contributed by atoms with Gasteiger partial charge in [0.15, 0.2) is 5.13 Å². The Kier molecular flexibility index (Phi) is 5.88. The molecule has 1 aromatic heterocycles. The average molecular weight is 487 g/mol. The quantitative estimate of drug-likeness (QED) is 0.165. The lowest BCUT2D eigenvalue weighted by Crippen LogP contribution is -2.29. The summed E-state index contributed by atoms with van der Waals surface area (Å²) in [6, 6.07) is 18.7. The van der Waals surface area contributed by atoms with Gasteiger partial charge in [-0.1, -0.05) is 66.5 Å². The number of anilines is 1. The summed E-state index contributed by atoms with van der Waals surface area (Å²) in [5.41, 5.74) is 1.39. The third kappa shape index (κ3) is 4.08. The number of hydrogen-bond acceptors (Lipinski definition) is 6. The first-order valence-corrected chi connectivity index (χ1v) is 11.6. The number of halogens is 1. The monoisotopic (exact) mass is 486 g/mol. The first-order chi connectivity index (χ1) is 17.0. The van der Waals surface area contributed by atoms with Crippen molar-refractivity contribution < 1.29 is 23.8 Å². The topological polar surface area (TPSA) is 79.7 Å². The molecule has 1 amide bonds. The van der Waals surface area contributed by atoms with E-state index in [2.05, 4.69) is 11.6 Å².